The first-order valence-electron chi connectivity index (χ1n) is 9.04. The van der Waals surface area contributed by atoms with Crippen LogP contribution < -0.4 is 0 Å². The maximum absolute atomic E-state index is 12.3. The fraction of sp³-hybridized carbons (Fsp3) is 0.136. The Morgan fingerprint density at radius 2 is 1.75 bits per heavy atom. The molecule has 6 nitrogen and oxygen atoms in total. The van der Waals surface area contributed by atoms with Crippen LogP contribution in [0.2, 0.25) is 0 Å². The predicted octanol–water partition coefficient (Wildman–Crippen LogP) is 3.27. The lowest BCUT2D eigenvalue weighted by Crippen LogP contribution is -2.28. The monoisotopic (exact) mass is 373 g/mol. The van der Waals surface area contributed by atoms with Gasteiger partial charge in [-0.3, -0.25) is 4.79 Å². The summed E-state index contributed by atoms with van der Waals surface area (Å²) in [6.07, 6.45) is 4.47. The van der Waals surface area contributed by atoms with E-state index in [1.807, 2.05) is 65.5 Å². The molecule has 1 aliphatic rings. The highest BCUT2D eigenvalue weighted by Crippen LogP contribution is 2.15. The van der Waals surface area contributed by atoms with Gasteiger partial charge in [0.25, 0.3) is 5.91 Å². The van der Waals surface area contributed by atoms with Crippen LogP contribution in [0.25, 0.3) is 5.69 Å². The minimum atomic E-state index is -0.534. The van der Waals surface area contributed by atoms with E-state index in [9.17, 15) is 9.59 Å². The Hall–Kier alpha value is -3.67. The summed E-state index contributed by atoms with van der Waals surface area (Å²) in [5.74, 6) is -0.866. The fourth-order valence-electron chi connectivity index (χ4n) is 3.06. The van der Waals surface area contributed by atoms with Crippen molar-refractivity contribution in [2.45, 2.75) is 6.42 Å². The van der Waals surface area contributed by atoms with Crippen molar-refractivity contribution < 1.29 is 14.3 Å². The number of amides is 1. The Labute approximate surface area is 162 Å². The molecule has 28 heavy (non-hydrogen) atoms. The van der Waals surface area contributed by atoms with Gasteiger partial charge in [-0.1, -0.05) is 36.4 Å². The maximum Gasteiger partial charge on any atom is 0.338 e. The molecule has 0 unspecified atom stereocenters. The first-order valence-corrected chi connectivity index (χ1v) is 9.04. The first kappa shape index (κ1) is 17.7. The number of hydrogen-bond acceptors (Lipinski definition) is 4. The van der Waals surface area contributed by atoms with E-state index in [4.69, 9.17) is 4.74 Å². The van der Waals surface area contributed by atoms with Gasteiger partial charge in [-0.2, -0.15) is 5.10 Å². The largest absolute Gasteiger partial charge is 0.452 e. The topological polar surface area (TPSA) is 63.9 Å². The van der Waals surface area contributed by atoms with Crippen LogP contribution in [-0.4, -0.2) is 40.3 Å². The van der Waals surface area contributed by atoms with Crippen LogP contribution in [0.3, 0.4) is 0 Å². The van der Waals surface area contributed by atoms with Gasteiger partial charge in [-0.25, -0.2) is 9.80 Å². The number of benzene rings is 2. The summed E-state index contributed by atoms with van der Waals surface area (Å²) < 4.78 is 7.10. The predicted molar refractivity (Wildman–Crippen MR) is 105 cm³/mol. The average molecular weight is 373 g/mol. The molecular weight excluding hydrogens is 354 g/mol. The van der Waals surface area contributed by atoms with Crippen LogP contribution in [0.15, 0.2) is 84.2 Å². The minimum absolute atomic E-state index is 0.333. The fourth-order valence-corrected chi connectivity index (χ4v) is 3.06. The number of ether oxygens (including phenoxy) is 1. The van der Waals surface area contributed by atoms with Crippen LogP contribution in [0, 0.1) is 0 Å². The number of carbonyl (C=O) groups is 2. The Morgan fingerprint density at radius 1 is 0.964 bits per heavy atom. The van der Waals surface area contributed by atoms with E-state index in [1.165, 1.54) is 5.01 Å². The molecule has 3 aromatic rings. The zero-order valence-corrected chi connectivity index (χ0v) is 15.2. The molecule has 0 fully saturated rings. The third-order valence-electron chi connectivity index (χ3n) is 4.51. The molecule has 2 heterocycles. The summed E-state index contributed by atoms with van der Waals surface area (Å²) >= 11 is 0. The van der Waals surface area contributed by atoms with Gasteiger partial charge in [0.05, 0.1) is 17.8 Å². The third kappa shape index (κ3) is 3.86. The number of aromatic nitrogens is 1. The molecule has 0 bridgehead atoms. The molecule has 0 atom stereocenters. The zero-order valence-electron chi connectivity index (χ0n) is 15.2. The van der Waals surface area contributed by atoms with Crippen LogP contribution in [0.1, 0.15) is 22.3 Å². The van der Waals surface area contributed by atoms with Gasteiger partial charge in [-0.05, 0) is 35.9 Å². The van der Waals surface area contributed by atoms with E-state index >= 15 is 0 Å². The molecule has 0 aliphatic carbocycles. The number of hydrazone groups is 1. The Bertz CT molecular complexity index is 1010. The second kappa shape index (κ2) is 7.92. The number of hydrogen-bond donors (Lipinski definition) is 0. The van der Waals surface area contributed by atoms with Crippen LogP contribution in [0.5, 0.6) is 0 Å². The summed E-state index contributed by atoms with van der Waals surface area (Å²) in [6.45, 7) is 0.155. The van der Waals surface area contributed by atoms with Gasteiger partial charge >= 0.3 is 5.97 Å². The molecule has 0 saturated heterocycles. The molecule has 0 saturated carbocycles. The van der Waals surface area contributed by atoms with E-state index in [0.29, 0.717) is 18.5 Å². The molecule has 1 amide bonds. The highest BCUT2D eigenvalue weighted by molar-refractivity contribution is 6.02. The molecule has 1 aromatic heterocycles. The van der Waals surface area contributed by atoms with Gasteiger partial charge < -0.3 is 9.30 Å². The second-order valence-corrected chi connectivity index (χ2v) is 6.40. The highest BCUT2D eigenvalue weighted by atomic mass is 16.5. The quantitative estimate of drug-likeness (QED) is 0.645. The molecule has 0 N–H and O–H groups in total. The Balaban J connectivity index is 1.37. The molecule has 140 valence electrons. The standard InChI is InChI=1S/C22H19N3O3/c26-21(25-14-11-20(23-25)17-7-2-1-3-8-17)16-28-22(27)18-9-6-10-19(15-18)24-12-4-5-13-24/h1-10,12-13,15H,11,14,16H2. The van der Waals surface area contributed by atoms with Gasteiger partial charge in [0.15, 0.2) is 6.61 Å². The lowest BCUT2D eigenvalue weighted by Gasteiger charge is -2.12. The SMILES string of the molecule is O=C(OCC(=O)N1CCC(c2ccccc2)=N1)c1cccc(-n2cccc2)c1. The molecular formula is C22H19N3O3. The molecule has 6 heteroatoms. The molecule has 0 radical (unpaired) electrons. The van der Waals surface area contributed by atoms with Gasteiger partial charge in [0.2, 0.25) is 0 Å². The summed E-state index contributed by atoms with van der Waals surface area (Å²) in [5.41, 5.74) is 3.10. The lowest BCUT2D eigenvalue weighted by atomic mass is 10.1. The van der Waals surface area contributed by atoms with E-state index in [1.54, 1.807) is 18.2 Å². The van der Waals surface area contributed by atoms with Crippen molar-refractivity contribution in [1.82, 2.24) is 9.58 Å². The van der Waals surface area contributed by atoms with Crippen molar-refractivity contribution in [1.29, 1.82) is 0 Å². The normalized spacial score (nSPS) is 13.3. The Kier molecular flexibility index (Phi) is 5.01. The van der Waals surface area contributed by atoms with Crippen molar-refractivity contribution in [2.75, 3.05) is 13.2 Å². The molecule has 2 aromatic carbocycles. The average Bonchev–Trinajstić information content (AvgIpc) is 3.45. The smallest absolute Gasteiger partial charge is 0.338 e. The third-order valence-corrected chi connectivity index (χ3v) is 4.51. The van der Waals surface area contributed by atoms with Gasteiger partial charge in [0.1, 0.15) is 0 Å². The molecule has 0 spiro atoms. The van der Waals surface area contributed by atoms with Crippen LogP contribution in [-0.2, 0) is 9.53 Å². The van der Waals surface area contributed by atoms with Crippen molar-refractivity contribution in [3.63, 3.8) is 0 Å². The van der Waals surface area contributed by atoms with E-state index in [2.05, 4.69) is 5.10 Å². The highest BCUT2D eigenvalue weighted by Gasteiger charge is 2.22. The molecule has 1 aliphatic heterocycles. The summed E-state index contributed by atoms with van der Waals surface area (Å²) in [5, 5.41) is 5.73. The van der Waals surface area contributed by atoms with Crippen molar-refractivity contribution in [3.8, 4) is 5.69 Å². The summed E-state index contributed by atoms with van der Waals surface area (Å²) in [7, 11) is 0. The minimum Gasteiger partial charge on any atom is -0.452 e. The van der Waals surface area contributed by atoms with Crippen molar-refractivity contribution >= 4 is 17.6 Å². The van der Waals surface area contributed by atoms with Crippen molar-refractivity contribution in [3.05, 3.63) is 90.3 Å². The van der Waals surface area contributed by atoms with Crippen LogP contribution >= 0.6 is 0 Å². The number of rotatable bonds is 5. The number of carbonyl (C=O) groups excluding carboxylic acids is 2. The summed E-state index contributed by atoms with van der Waals surface area (Å²) in [6, 6.07) is 20.6. The summed E-state index contributed by atoms with van der Waals surface area (Å²) in [4.78, 5) is 24.7. The second-order valence-electron chi connectivity index (χ2n) is 6.40. The number of nitrogens with zero attached hydrogens (tertiary/aromatic N) is 3. The van der Waals surface area contributed by atoms with Gasteiger partial charge in [-0.15, -0.1) is 0 Å². The first-order chi connectivity index (χ1) is 13.7. The number of esters is 1. The van der Waals surface area contributed by atoms with E-state index < -0.39 is 5.97 Å². The van der Waals surface area contributed by atoms with E-state index in [-0.39, 0.29) is 12.5 Å². The lowest BCUT2D eigenvalue weighted by molar-refractivity contribution is -0.134. The van der Waals surface area contributed by atoms with Gasteiger partial charge in [0, 0.05) is 24.5 Å². The van der Waals surface area contributed by atoms with E-state index in [0.717, 1.165) is 17.0 Å². The molecule has 4 rings (SSSR count). The van der Waals surface area contributed by atoms with Crippen molar-refractivity contribution in [2.24, 2.45) is 5.10 Å². The van der Waals surface area contributed by atoms with Crippen LogP contribution in [0.4, 0.5) is 0 Å². The zero-order chi connectivity index (χ0) is 19.3. The Morgan fingerprint density at radius 3 is 2.54 bits per heavy atom. The maximum atomic E-state index is 12.3.